The number of imidazole rings is 1. The molecule has 1 amide bonds. The van der Waals surface area contributed by atoms with Gasteiger partial charge in [-0.2, -0.15) is 0 Å². The molecule has 1 fully saturated rings. The topological polar surface area (TPSA) is 83.3 Å². The van der Waals surface area contributed by atoms with Gasteiger partial charge in [0.25, 0.3) is 0 Å². The van der Waals surface area contributed by atoms with Crippen molar-refractivity contribution in [1.29, 1.82) is 0 Å². The summed E-state index contributed by atoms with van der Waals surface area (Å²) in [4.78, 5) is 20.4. The van der Waals surface area contributed by atoms with Crippen LogP contribution in [0.1, 0.15) is 31.2 Å². The number of piperidine rings is 1. The lowest BCUT2D eigenvalue weighted by Gasteiger charge is -2.25. The summed E-state index contributed by atoms with van der Waals surface area (Å²) in [6.45, 7) is 4.73. The van der Waals surface area contributed by atoms with Gasteiger partial charge in [-0.3, -0.25) is 4.79 Å². The van der Waals surface area contributed by atoms with E-state index in [-0.39, 0.29) is 35.9 Å². The van der Waals surface area contributed by atoms with E-state index in [1.54, 1.807) is 0 Å². The Morgan fingerprint density at radius 3 is 2.89 bits per heavy atom. The molecular formula is C19H27IN6O. The minimum atomic E-state index is 0. The molecule has 1 saturated heterocycles. The Balaban J connectivity index is 0.00000261. The molecule has 27 heavy (non-hydrogen) atoms. The second-order valence-corrected chi connectivity index (χ2v) is 6.34. The predicted molar refractivity (Wildman–Crippen MR) is 117 cm³/mol. The maximum atomic E-state index is 11.3. The molecule has 1 aliphatic rings. The van der Waals surface area contributed by atoms with Crippen molar-refractivity contribution in [1.82, 2.24) is 25.5 Å². The van der Waals surface area contributed by atoms with Gasteiger partial charge in [-0.25, -0.2) is 9.98 Å². The SMILES string of the molecule is CCNC(=NCc1nccn1Cc1ccccc1)NC1CCC(=O)NC1.I. The Bertz CT molecular complexity index is 736. The zero-order valence-electron chi connectivity index (χ0n) is 15.5. The van der Waals surface area contributed by atoms with Crippen LogP contribution in [0.3, 0.4) is 0 Å². The lowest BCUT2D eigenvalue weighted by atomic mass is 10.1. The number of rotatable bonds is 6. The first kappa shape index (κ1) is 21.2. The van der Waals surface area contributed by atoms with Gasteiger partial charge in [-0.1, -0.05) is 30.3 Å². The van der Waals surface area contributed by atoms with Crippen LogP contribution in [-0.4, -0.2) is 40.5 Å². The molecule has 146 valence electrons. The number of carbonyl (C=O) groups is 1. The third kappa shape index (κ3) is 6.53. The predicted octanol–water partition coefficient (Wildman–Crippen LogP) is 1.88. The van der Waals surface area contributed by atoms with Gasteiger partial charge in [-0.15, -0.1) is 24.0 Å². The van der Waals surface area contributed by atoms with E-state index in [1.165, 1.54) is 5.56 Å². The molecule has 2 aromatic rings. The van der Waals surface area contributed by atoms with Gasteiger partial charge in [0.05, 0.1) is 0 Å². The highest BCUT2D eigenvalue weighted by Gasteiger charge is 2.18. The van der Waals surface area contributed by atoms with Gasteiger partial charge in [0.2, 0.25) is 5.91 Å². The molecule has 1 atom stereocenters. The number of amides is 1. The number of guanidine groups is 1. The van der Waals surface area contributed by atoms with E-state index in [4.69, 9.17) is 0 Å². The number of aliphatic imine (C=N–C) groups is 1. The van der Waals surface area contributed by atoms with E-state index < -0.39 is 0 Å². The molecular weight excluding hydrogens is 455 g/mol. The fourth-order valence-corrected chi connectivity index (χ4v) is 2.93. The van der Waals surface area contributed by atoms with E-state index in [1.807, 2.05) is 37.5 Å². The zero-order valence-corrected chi connectivity index (χ0v) is 17.8. The first-order valence-corrected chi connectivity index (χ1v) is 9.10. The van der Waals surface area contributed by atoms with Gasteiger partial charge in [0.15, 0.2) is 5.96 Å². The Morgan fingerprint density at radius 1 is 1.37 bits per heavy atom. The Morgan fingerprint density at radius 2 is 2.19 bits per heavy atom. The van der Waals surface area contributed by atoms with Gasteiger partial charge in [0, 0.05) is 44.5 Å². The van der Waals surface area contributed by atoms with Crippen molar-refractivity contribution in [2.75, 3.05) is 13.1 Å². The van der Waals surface area contributed by atoms with Crippen molar-refractivity contribution in [3.05, 3.63) is 54.1 Å². The number of nitrogens with one attached hydrogen (secondary N) is 3. The van der Waals surface area contributed by atoms with Gasteiger partial charge < -0.3 is 20.5 Å². The number of hydrogen-bond acceptors (Lipinski definition) is 3. The fraction of sp³-hybridized carbons (Fsp3) is 0.421. The molecule has 0 bridgehead atoms. The molecule has 7 nitrogen and oxygen atoms in total. The third-order valence-electron chi connectivity index (χ3n) is 4.33. The van der Waals surface area contributed by atoms with Crippen molar-refractivity contribution in [3.63, 3.8) is 0 Å². The van der Waals surface area contributed by atoms with Crippen molar-refractivity contribution >= 4 is 35.8 Å². The molecule has 1 aromatic heterocycles. The third-order valence-corrected chi connectivity index (χ3v) is 4.33. The highest BCUT2D eigenvalue weighted by atomic mass is 127. The number of carbonyl (C=O) groups excluding carboxylic acids is 1. The van der Waals surface area contributed by atoms with Crippen molar-refractivity contribution in [2.24, 2.45) is 4.99 Å². The normalized spacial score (nSPS) is 17.0. The van der Waals surface area contributed by atoms with Crippen LogP contribution in [0.4, 0.5) is 0 Å². The smallest absolute Gasteiger partial charge is 0.220 e. The summed E-state index contributed by atoms with van der Waals surface area (Å²) >= 11 is 0. The average molecular weight is 482 g/mol. The largest absolute Gasteiger partial charge is 0.357 e. The van der Waals surface area contributed by atoms with Crippen LogP contribution < -0.4 is 16.0 Å². The molecule has 1 aliphatic heterocycles. The minimum Gasteiger partial charge on any atom is -0.357 e. The maximum Gasteiger partial charge on any atom is 0.220 e. The fourth-order valence-electron chi connectivity index (χ4n) is 2.93. The molecule has 2 heterocycles. The first-order valence-electron chi connectivity index (χ1n) is 9.10. The number of aromatic nitrogens is 2. The second kappa shape index (κ2) is 10.9. The van der Waals surface area contributed by atoms with Crippen molar-refractivity contribution < 1.29 is 4.79 Å². The Hall–Kier alpha value is -2.10. The Labute approximate surface area is 177 Å². The maximum absolute atomic E-state index is 11.3. The van der Waals surface area contributed by atoms with Gasteiger partial charge in [-0.05, 0) is 18.9 Å². The van der Waals surface area contributed by atoms with Crippen LogP contribution in [0.5, 0.6) is 0 Å². The van der Waals surface area contributed by atoms with E-state index in [0.717, 1.165) is 31.3 Å². The second-order valence-electron chi connectivity index (χ2n) is 6.34. The molecule has 3 rings (SSSR count). The quantitative estimate of drug-likeness (QED) is 0.334. The lowest BCUT2D eigenvalue weighted by molar-refractivity contribution is -0.122. The summed E-state index contributed by atoms with van der Waals surface area (Å²) in [6, 6.07) is 10.5. The highest BCUT2D eigenvalue weighted by molar-refractivity contribution is 14.0. The first-order chi connectivity index (χ1) is 12.7. The molecule has 8 heteroatoms. The standard InChI is InChI=1S/C19H26N6O.HI/c1-2-20-19(24-16-8-9-18(26)22-12-16)23-13-17-21-10-11-25(17)14-15-6-4-3-5-7-15;/h3-7,10-11,16H,2,8-9,12-14H2,1H3,(H,22,26)(H2,20,23,24);1H. The van der Waals surface area contributed by atoms with E-state index in [0.29, 0.717) is 19.5 Å². The summed E-state index contributed by atoms with van der Waals surface area (Å²) in [6.07, 6.45) is 5.16. The van der Waals surface area contributed by atoms with Crippen LogP contribution in [0.15, 0.2) is 47.7 Å². The number of nitrogens with zero attached hydrogens (tertiary/aromatic N) is 3. The average Bonchev–Trinajstić information content (AvgIpc) is 3.09. The van der Waals surface area contributed by atoms with Gasteiger partial charge >= 0.3 is 0 Å². The van der Waals surface area contributed by atoms with Gasteiger partial charge in [0.1, 0.15) is 12.4 Å². The van der Waals surface area contributed by atoms with E-state index in [9.17, 15) is 4.79 Å². The summed E-state index contributed by atoms with van der Waals surface area (Å²) in [7, 11) is 0. The molecule has 0 radical (unpaired) electrons. The van der Waals surface area contributed by atoms with Crippen molar-refractivity contribution in [2.45, 2.75) is 38.9 Å². The number of hydrogen-bond donors (Lipinski definition) is 3. The molecule has 0 spiro atoms. The lowest BCUT2D eigenvalue weighted by Crippen LogP contribution is -2.51. The molecule has 1 unspecified atom stereocenters. The van der Waals surface area contributed by atoms with Crippen LogP contribution in [-0.2, 0) is 17.9 Å². The molecule has 1 aromatic carbocycles. The monoisotopic (exact) mass is 482 g/mol. The molecule has 0 saturated carbocycles. The summed E-state index contributed by atoms with van der Waals surface area (Å²) < 4.78 is 2.11. The van der Waals surface area contributed by atoms with Crippen LogP contribution in [0.2, 0.25) is 0 Å². The van der Waals surface area contributed by atoms with Crippen LogP contribution in [0, 0.1) is 0 Å². The zero-order chi connectivity index (χ0) is 18.2. The molecule has 0 aliphatic carbocycles. The van der Waals surface area contributed by atoms with Crippen molar-refractivity contribution in [3.8, 4) is 0 Å². The summed E-state index contributed by atoms with van der Waals surface area (Å²) in [5.74, 6) is 1.79. The molecule has 3 N–H and O–H groups in total. The summed E-state index contributed by atoms with van der Waals surface area (Å²) in [5, 5.41) is 9.54. The van der Waals surface area contributed by atoms with Crippen LogP contribution >= 0.6 is 24.0 Å². The Kier molecular flexibility index (Phi) is 8.56. The van der Waals surface area contributed by atoms with E-state index >= 15 is 0 Å². The van der Waals surface area contributed by atoms with E-state index in [2.05, 4.69) is 42.6 Å². The summed E-state index contributed by atoms with van der Waals surface area (Å²) in [5.41, 5.74) is 1.23. The minimum absolute atomic E-state index is 0. The number of halogens is 1. The van der Waals surface area contributed by atoms with Crippen LogP contribution in [0.25, 0.3) is 0 Å². The number of benzene rings is 1. The highest BCUT2D eigenvalue weighted by Crippen LogP contribution is 2.07.